The summed E-state index contributed by atoms with van der Waals surface area (Å²) in [7, 11) is 0. The molecule has 0 aliphatic rings. The number of aromatic nitrogens is 2. The van der Waals surface area contributed by atoms with Gasteiger partial charge in [-0.2, -0.15) is 5.10 Å². The molecule has 1 heterocycles. The molecule has 0 saturated carbocycles. The van der Waals surface area contributed by atoms with E-state index in [2.05, 4.69) is 15.5 Å². The van der Waals surface area contributed by atoms with E-state index in [1.165, 1.54) is 0 Å². The van der Waals surface area contributed by atoms with Crippen molar-refractivity contribution in [2.45, 2.75) is 25.9 Å². The Kier molecular flexibility index (Phi) is 4.30. The lowest BCUT2D eigenvalue weighted by Crippen LogP contribution is -2.39. The smallest absolute Gasteiger partial charge is 0.237 e. The average molecular weight is 258 g/mol. The SMILES string of the molecule is CC[C@H](N)C(=O)NCc1ccc(-c2ccn[nH]2)cc1. The fourth-order valence-electron chi connectivity index (χ4n) is 1.72. The molecule has 2 aromatic rings. The Hall–Kier alpha value is -2.14. The average Bonchev–Trinajstić information content (AvgIpc) is 2.98. The zero-order chi connectivity index (χ0) is 13.7. The molecule has 0 unspecified atom stereocenters. The van der Waals surface area contributed by atoms with Crippen LogP contribution in [0, 0.1) is 0 Å². The molecule has 1 atom stereocenters. The predicted molar refractivity (Wildman–Crippen MR) is 74.1 cm³/mol. The summed E-state index contributed by atoms with van der Waals surface area (Å²) in [5.41, 5.74) is 8.73. The minimum absolute atomic E-state index is 0.111. The van der Waals surface area contributed by atoms with Crippen molar-refractivity contribution in [3.05, 3.63) is 42.1 Å². The summed E-state index contributed by atoms with van der Waals surface area (Å²) in [4.78, 5) is 11.6. The zero-order valence-electron chi connectivity index (χ0n) is 10.9. The summed E-state index contributed by atoms with van der Waals surface area (Å²) in [6.45, 7) is 2.39. The van der Waals surface area contributed by atoms with Crippen LogP contribution in [0.4, 0.5) is 0 Å². The molecule has 0 saturated heterocycles. The molecule has 0 aliphatic heterocycles. The van der Waals surface area contributed by atoms with Gasteiger partial charge in [-0.05, 0) is 23.6 Å². The van der Waals surface area contributed by atoms with Crippen LogP contribution in [0.5, 0.6) is 0 Å². The third-order valence-corrected chi connectivity index (χ3v) is 3.01. The molecule has 2 rings (SSSR count). The van der Waals surface area contributed by atoms with Gasteiger partial charge in [-0.1, -0.05) is 31.2 Å². The standard InChI is InChI=1S/C14H18N4O/c1-2-12(15)14(19)16-9-10-3-5-11(6-4-10)13-7-8-17-18-13/h3-8,12H,2,9,15H2,1H3,(H,16,19)(H,17,18)/t12-/m0/s1. The number of amides is 1. The Labute approximate surface area is 112 Å². The number of nitrogens with one attached hydrogen (secondary N) is 2. The maximum absolute atomic E-state index is 11.6. The van der Waals surface area contributed by atoms with Crippen molar-refractivity contribution in [3.8, 4) is 11.3 Å². The number of hydrogen-bond donors (Lipinski definition) is 3. The number of aromatic amines is 1. The fraction of sp³-hybridized carbons (Fsp3) is 0.286. The summed E-state index contributed by atoms with van der Waals surface area (Å²) < 4.78 is 0. The molecule has 4 N–H and O–H groups in total. The second-order valence-corrected chi connectivity index (χ2v) is 4.40. The lowest BCUT2D eigenvalue weighted by atomic mass is 10.1. The van der Waals surface area contributed by atoms with Crippen LogP contribution in [-0.4, -0.2) is 22.1 Å². The predicted octanol–water partition coefficient (Wildman–Crippen LogP) is 1.43. The molecule has 1 aromatic heterocycles. The molecule has 0 aliphatic carbocycles. The van der Waals surface area contributed by atoms with E-state index < -0.39 is 6.04 Å². The highest BCUT2D eigenvalue weighted by Gasteiger charge is 2.09. The first-order chi connectivity index (χ1) is 9.20. The number of nitrogens with zero attached hydrogens (tertiary/aromatic N) is 1. The lowest BCUT2D eigenvalue weighted by molar-refractivity contribution is -0.122. The molecule has 1 amide bonds. The topological polar surface area (TPSA) is 83.8 Å². The summed E-state index contributed by atoms with van der Waals surface area (Å²) >= 11 is 0. The molecule has 19 heavy (non-hydrogen) atoms. The maximum Gasteiger partial charge on any atom is 0.237 e. The van der Waals surface area contributed by atoms with E-state index in [-0.39, 0.29) is 5.91 Å². The summed E-state index contributed by atoms with van der Waals surface area (Å²) in [6, 6.07) is 9.44. The van der Waals surface area contributed by atoms with Gasteiger partial charge in [-0.15, -0.1) is 0 Å². The number of hydrogen-bond acceptors (Lipinski definition) is 3. The highest BCUT2D eigenvalue weighted by molar-refractivity contribution is 5.81. The first-order valence-corrected chi connectivity index (χ1v) is 6.32. The molecule has 0 spiro atoms. The Morgan fingerprint density at radius 2 is 2.11 bits per heavy atom. The van der Waals surface area contributed by atoms with E-state index in [9.17, 15) is 4.79 Å². The van der Waals surface area contributed by atoms with Gasteiger partial charge in [0.05, 0.1) is 11.7 Å². The Bertz CT molecular complexity index is 519. The summed E-state index contributed by atoms with van der Waals surface area (Å²) in [5, 5.41) is 9.64. The lowest BCUT2D eigenvalue weighted by Gasteiger charge is -2.10. The van der Waals surface area contributed by atoms with Gasteiger partial charge in [0.15, 0.2) is 0 Å². The van der Waals surface area contributed by atoms with Crippen molar-refractivity contribution in [3.63, 3.8) is 0 Å². The highest BCUT2D eigenvalue weighted by Crippen LogP contribution is 2.16. The molecule has 5 nitrogen and oxygen atoms in total. The monoisotopic (exact) mass is 258 g/mol. The van der Waals surface area contributed by atoms with Gasteiger partial charge < -0.3 is 11.1 Å². The van der Waals surface area contributed by atoms with Crippen LogP contribution in [0.25, 0.3) is 11.3 Å². The summed E-state index contributed by atoms with van der Waals surface area (Å²) in [5.74, 6) is -0.111. The van der Waals surface area contributed by atoms with E-state index in [1.807, 2.05) is 37.3 Å². The Morgan fingerprint density at radius 1 is 1.37 bits per heavy atom. The molecule has 0 fully saturated rings. The van der Waals surface area contributed by atoms with Gasteiger partial charge in [0.1, 0.15) is 0 Å². The number of rotatable bonds is 5. The fourth-order valence-corrected chi connectivity index (χ4v) is 1.72. The number of carbonyl (C=O) groups excluding carboxylic acids is 1. The third-order valence-electron chi connectivity index (χ3n) is 3.01. The van der Waals surface area contributed by atoms with Crippen LogP contribution in [0.1, 0.15) is 18.9 Å². The third kappa shape index (κ3) is 3.42. The normalized spacial score (nSPS) is 12.1. The van der Waals surface area contributed by atoms with Crippen molar-refractivity contribution in [2.75, 3.05) is 0 Å². The first-order valence-electron chi connectivity index (χ1n) is 6.32. The zero-order valence-corrected chi connectivity index (χ0v) is 10.9. The van der Waals surface area contributed by atoms with Crippen LogP contribution in [0.2, 0.25) is 0 Å². The number of carbonyl (C=O) groups is 1. The van der Waals surface area contributed by atoms with Crippen LogP contribution in [0.15, 0.2) is 36.5 Å². The molecule has 1 aromatic carbocycles. The molecule has 0 radical (unpaired) electrons. The van der Waals surface area contributed by atoms with Crippen molar-refractivity contribution in [1.82, 2.24) is 15.5 Å². The van der Waals surface area contributed by atoms with Gasteiger partial charge in [0.2, 0.25) is 5.91 Å². The minimum Gasteiger partial charge on any atom is -0.351 e. The van der Waals surface area contributed by atoms with Crippen molar-refractivity contribution in [2.24, 2.45) is 5.73 Å². The Balaban J connectivity index is 1.94. The quantitative estimate of drug-likeness (QED) is 0.758. The van der Waals surface area contributed by atoms with Crippen molar-refractivity contribution in [1.29, 1.82) is 0 Å². The van der Waals surface area contributed by atoms with E-state index >= 15 is 0 Å². The van der Waals surface area contributed by atoms with E-state index in [1.54, 1.807) is 6.20 Å². The van der Waals surface area contributed by atoms with Crippen molar-refractivity contribution < 1.29 is 4.79 Å². The van der Waals surface area contributed by atoms with Crippen LogP contribution in [-0.2, 0) is 11.3 Å². The summed E-state index contributed by atoms with van der Waals surface area (Å²) in [6.07, 6.45) is 2.36. The highest BCUT2D eigenvalue weighted by atomic mass is 16.2. The van der Waals surface area contributed by atoms with Gasteiger partial charge in [-0.3, -0.25) is 9.89 Å². The second-order valence-electron chi connectivity index (χ2n) is 4.40. The largest absolute Gasteiger partial charge is 0.351 e. The van der Waals surface area contributed by atoms with Gasteiger partial charge in [-0.25, -0.2) is 0 Å². The maximum atomic E-state index is 11.6. The van der Waals surface area contributed by atoms with Crippen LogP contribution in [0.3, 0.4) is 0 Å². The molecular weight excluding hydrogens is 240 g/mol. The minimum atomic E-state index is -0.427. The van der Waals surface area contributed by atoms with E-state index in [4.69, 9.17) is 5.73 Å². The van der Waals surface area contributed by atoms with Crippen LogP contribution >= 0.6 is 0 Å². The first kappa shape index (κ1) is 13.3. The molecule has 5 heteroatoms. The molecule has 100 valence electrons. The van der Waals surface area contributed by atoms with Crippen molar-refractivity contribution >= 4 is 5.91 Å². The van der Waals surface area contributed by atoms with Crippen LogP contribution < -0.4 is 11.1 Å². The van der Waals surface area contributed by atoms with E-state index in [0.29, 0.717) is 13.0 Å². The molecule has 0 bridgehead atoms. The molecular formula is C14H18N4O. The second kappa shape index (κ2) is 6.15. The van der Waals surface area contributed by atoms with Gasteiger partial charge >= 0.3 is 0 Å². The number of H-pyrrole nitrogens is 1. The number of nitrogens with two attached hydrogens (primary N) is 1. The van der Waals surface area contributed by atoms with E-state index in [0.717, 1.165) is 16.8 Å². The Morgan fingerprint density at radius 3 is 2.68 bits per heavy atom. The van der Waals surface area contributed by atoms with Gasteiger partial charge in [0, 0.05) is 12.7 Å². The van der Waals surface area contributed by atoms with Gasteiger partial charge in [0.25, 0.3) is 0 Å². The number of benzene rings is 1.